The maximum absolute atomic E-state index is 12.2. The Labute approximate surface area is 125 Å². The number of nitrogens with zero attached hydrogens (tertiary/aromatic N) is 1. The smallest absolute Gasteiger partial charge is 0.317 e. The molecule has 1 heterocycles. The number of rotatable bonds is 5. The van der Waals surface area contributed by atoms with Crippen molar-refractivity contribution in [3.8, 4) is 0 Å². The van der Waals surface area contributed by atoms with E-state index in [1.807, 2.05) is 13.8 Å². The third-order valence-electron chi connectivity index (χ3n) is 3.70. The van der Waals surface area contributed by atoms with Crippen LogP contribution >= 0.6 is 0 Å². The third-order valence-corrected chi connectivity index (χ3v) is 3.70. The molecule has 1 rings (SSSR count). The highest BCUT2D eigenvalue weighted by Crippen LogP contribution is 2.12. The molecule has 1 aliphatic rings. The van der Waals surface area contributed by atoms with E-state index in [1.54, 1.807) is 4.90 Å². The van der Waals surface area contributed by atoms with Crippen molar-refractivity contribution >= 4 is 17.9 Å². The number of carbonyl (C=O) groups excluding carboxylic acids is 2. The molecule has 7 nitrogen and oxygen atoms in total. The second-order valence-corrected chi connectivity index (χ2v) is 5.86. The lowest BCUT2D eigenvalue weighted by molar-refractivity contribution is -0.137. The highest BCUT2D eigenvalue weighted by molar-refractivity contribution is 5.76. The van der Waals surface area contributed by atoms with Crippen molar-refractivity contribution < 1.29 is 19.5 Å². The summed E-state index contributed by atoms with van der Waals surface area (Å²) in [6.07, 6.45) is 1.36. The van der Waals surface area contributed by atoms with Crippen LogP contribution in [-0.2, 0) is 9.59 Å². The molecule has 0 spiro atoms. The first-order chi connectivity index (χ1) is 9.79. The molecule has 3 N–H and O–H groups in total. The van der Waals surface area contributed by atoms with Crippen molar-refractivity contribution in [1.82, 2.24) is 15.5 Å². The monoisotopic (exact) mass is 299 g/mol. The predicted octanol–water partition coefficient (Wildman–Crippen LogP) is 0.796. The number of carboxylic acid groups (broad SMARTS) is 1. The van der Waals surface area contributed by atoms with Crippen LogP contribution in [0.2, 0.25) is 0 Å². The number of urea groups is 1. The van der Waals surface area contributed by atoms with E-state index >= 15 is 0 Å². The van der Waals surface area contributed by atoms with Gasteiger partial charge >= 0.3 is 12.0 Å². The first-order valence-electron chi connectivity index (χ1n) is 7.34. The number of aliphatic carboxylic acids is 1. The molecule has 1 fully saturated rings. The van der Waals surface area contributed by atoms with Gasteiger partial charge < -0.3 is 20.6 Å². The van der Waals surface area contributed by atoms with Gasteiger partial charge in [0, 0.05) is 32.1 Å². The lowest BCUT2D eigenvalue weighted by Crippen LogP contribution is -2.52. The SMILES string of the molecule is CC(=O)NC1CCN(C(=O)NC(CC(=O)O)C(C)C)CC1. The molecule has 0 aliphatic carbocycles. The maximum atomic E-state index is 12.2. The van der Waals surface area contributed by atoms with Gasteiger partial charge in [0.2, 0.25) is 5.91 Å². The molecule has 0 saturated carbocycles. The number of hydrogen-bond donors (Lipinski definition) is 3. The van der Waals surface area contributed by atoms with Crippen LogP contribution in [0.25, 0.3) is 0 Å². The Morgan fingerprint density at radius 3 is 2.24 bits per heavy atom. The van der Waals surface area contributed by atoms with Gasteiger partial charge in [0.05, 0.1) is 6.42 Å². The minimum atomic E-state index is -0.918. The summed E-state index contributed by atoms with van der Waals surface area (Å²) >= 11 is 0. The van der Waals surface area contributed by atoms with E-state index in [2.05, 4.69) is 10.6 Å². The van der Waals surface area contributed by atoms with E-state index in [1.165, 1.54) is 6.92 Å². The second kappa shape index (κ2) is 7.85. The van der Waals surface area contributed by atoms with Gasteiger partial charge in [-0.2, -0.15) is 0 Å². The summed E-state index contributed by atoms with van der Waals surface area (Å²) in [5.74, 6) is -0.917. The summed E-state index contributed by atoms with van der Waals surface area (Å²) in [5, 5.41) is 14.5. The lowest BCUT2D eigenvalue weighted by Gasteiger charge is -2.33. The summed E-state index contributed by atoms with van der Waals surface area (Å²) in [4.78, 5) is 35.6. The molecule has 0 bridgehead atoms. The van der Waals surface area contributed by atoms with E-state index in [0.717, 1.165) is 12.8 Å². The van der Waals surface area contributed by atoms with Crippen LogP contribution in [-0.4, -0.2) is 53.1 Å². The number of carboxylic acids is 1. The molecule has 1 atom stereocenters. The van der Waals surface area contributed by atoms with Crippen molar-refractivity contribution in [2.45, 2.75) is 52.1 Å². The van der Waals surface area contributed by atoms with Crippen LogP contribution in [0.15, 0.2) is 0 Å². The number of nitrogens with one attached hydrogen (secondary N) is 2. The van der Waals surface area contributed by atoms with Gasteiger partial charge in [-0.15, -0.1) is 0 Å². The molecular formula is C14H25N3O4. The van der Waals surface area contributed by atoms with Gasteiger partial charge in [0.25, 0.3) is 0 Å². The van der Waals surface area contributed by atoms with Crippen molar-refractivity contribution in [2.24, 2.45) is 5.92 Å². The van der Waals surface area contributed by atoms with Gasteiger partial charge in [-0.1, -0.05) is 13.8 Å². The number of hydrogen-bond acceptors (Lipinski definition) is 3. The predicted molar refractivity (Wildman–Crippen MR) is 77.8 cm³/mol. The van der Waals surface area contributed by atoms with Gasteiger partial charge in [0.1, 0.15) is 0 Å². The van der Waals surface area contributed by atoms with E-state index in [4.69, 9.17) is 5.11 Å². The largest absolute Gasteiger partial charge is 0.481 e. The highest BCUT2D eigenvalue weighted by atomic mass is 16.4. The molecule has 1 saturated heterocycles. The topological polar surface area (TPSA) is 98.7 Å². The van der Waals surface area contributed by atoms with Gasteiger partial charge in [-0.25, -0.2) is 4.79 Å². The average Bonchev–Trinajstić information content (AvgIpc) is 2.37. The summed E-state index contributed by atoms with van der Waals surface area (Å²) in [5.41, 5.74) is 0. The van der Waals surface area contributed by atoms with E-state index in [-0.39, 0.29) is 36.4 Å². The first kappa shape index (κ1) is 17.3. The maximum Gasteiger partial charge on any atom is 0.317 e. The van der Waals surface area contributed by atoms with Crippen molar-refractivity contribution in [3.63, 3.8) is 0 Å². The first-order valence-corrected chi connectivity index (χ1v) is 7.34. The summed E-state index contributed by atoms with van der Waals surface area (Å²) in [6, 6.07) is -0.481. The van der Waals surface area contributed by atoms with E-state index in [9.17, 15) is 14.4 Å². The summed E-state index contributed by atoms with van der Waals surface area (Å²) in [6.45, 7) is 6.38. The van der Waals surface area contributed by atoms with Crippen LogP contribution in [0.3, 0.4) is 0 Å². The quantitative estimate of drug-likeness (QED) is 0.699. The van der Waals surface area contributed by atoms with Gasteiger partial charge in [-0.05, 0) is 18.8 Å². The van der Waals surface area contributed by atoms with Crippen LogP contribution in [0.1, 0.15) is 40.0 Å². The fraction of sp³-hybridized carbons (Fsp3) is 0.786. The molecular weight excluding hydrogens is 274 g/mol. The minimum absolute atomic E-state index is 0.0563. The Kier molecular flexibility index (Phi) is 6.45. The number of carbonyl (C=O) groups is 3. The Bertz CT molecular complexity index is 390. The molecule has 1 aliphatic heterocycles. The molecule has 0 aromatic rings. The Morgan fingerprint density at radius 1 is 1.24 bits per heavy atom. The average molecular weight is 299 g/mol. The number of amides is 3. The molecule has 120 valence electrons. The lowest BCUT2D eigenvalue weighted by atomic mass is 10.0. The molecule has 0 aromatic carbocycles. The fourth-order valence-corrected chi connectivity index (χ4v) is 2.41. The van der Waals surface area contributed by atoms with E-state index < -0.39 is 5.97 Å². The van der Waals surface area contributed by atoms with Crippen LogP contribution in [0, 0.1) is 5.92 Å². The molecule has 0 radical (unpaired) electrons. The molecule has 21 heavy (non-hydrogen) atoms. The van der Waals surface area contributed by atoms with E-state index in [0.29, 0.717) is 13.1 Å². The Hall–Kier alpha value is -1.79. The number of likely N-dealkylation sites (tertiary alicyclic amines) is 1. The van der Waals surface area contributed by atoms with Gasteiger partial charge in [0.15, 0.2) is 0 Å². The van der Waals surface area contributed by atoms with Gasteiger partial charge in [-0.3, -0.25) is 9.59 Å². The standard InChI is InChI=1S/C14H25N3O4/c1-9(2)12(8-13(19)20)16-14(21)17-6-4-11(5-7-17)15-10(3)18/h9,11-12H,4-8H2,1-3H3,(H,15,18)(H,16,21)(H,19,20). The Balaban J connectivity index is 2.45. The third kappa shape index (κ3) is 6.01. The molecule has 0 aromatic heterocycles. The van der Waals surface area contributed by atoms with Crippen molar-refractivity contribution in [2.75, 3.05) is 13.1 Å². The van der Waals surface area contributed by atoms with Crippen LogP contribution in [0.4, 0.5) is 4.79 Å². The second-order valence-electron chi connectivity index (χ2n) is 5.86. The fourth-order valence-electron chi connectivity index (χ4n) is 2.41. The molecule has 3 amide bonds. The van der Waals surface area contributed by atoms with Crippen LogP contribution in [0.5, 0.6) is 0 Å². The Morgan fingerprint density at radius 2 is 1.81 bits per heavy atom. The molecule has 1 unspecified atom stereocenters. The zero-order chi connectivity index (χ0) is 16.0. The van der Waals surface area contributed by atoms with Crippen molar-refractivity contribution in [1.29, 1.82) is 0 Å². The molecule has 7 heteroatoms. The minimum Gasteiger partial charge on any atom is -0.481 e. The number of piperidine rings is 1. The summed E-state index contributed by atoms with van der Waals surface area (Å²) < 4.78 is 0. The summed E-state index contributed by atoms with van der Waals surface area (Å²) in [7, 11) is 0. The zero-order valence-corrected chi connectivity index (χ0v) is 12.9. The van der Waals surface area contributed by atoms with Crippen molar-refractivity contribution in [3.05, 3.63) is 0 Å². The zero-order valence-electron chi connectivity index (χ0n) is 12.9. The normalized spacial score (nSPS) is 17.4. The highest BCUT2D eigenvalue weighted by Gasteiger charge is 2.26. The van der Waals surface area contributed by atoms with Crippen LogP contribution < -0.4 is 10.6 Å².